The molecule has 64 valence electrons. The van der Waals surface area contributed by atoms with E-state index >= 15 is 0 Å². The van der Waals surface area contributed by atoms with Gasteiger partial charge in [-0.25, -0.2) is 4.98 Å². The number of aldehydes is 1. The van der Waals surface area contributed by atoms with Gasteiger partial charge in [-0.1, -0.05) is 0 Å². The molecule has 0 radical (unpaired) electrons. The number of aromatic nitrogens is 2. The van der Waals surface area contributed by atoms with Crippen LogP contribution in [-0.4, -0.2) is 30.3 Å². The van der Waals surface area contributed by atoms with Gasteiger partial charge >= 0.3 is 0 Å². The van der Waals surface area contributed by atoms with Crippen molar-refractivity contribution < 1.29 is 4.79 Å². The maximum atomic E-state index is 10.3. The molecule has 0 bridgehead atoms. The molecule has 5 heteroatoms. The van der Waals surface area contributed by atoms with Crippen LogP contribution in [0.4, 0.5) is 11.8 Å². The minimum atomic E-state index is 0.212. The number of carbonyl (C=O) groups excluding carboxylic acids is 1. The van der Waals surface area contributed by atoms with Gasteiger partial charge in [0.1, 0.15) is 5.82 Å². The van der Waals surface area contributed by atoms with Crippen molar-refractivity contribution in [2.24, 2.45) is 0 Å². The number of hydrogen-bond acceptors (Lipinski definition) is 5. The molecule has 1 aromatic heterocycles. The molecule has 12 heavy (non-hydrogen) atoms. The molecule has 0 unspecified atom stereocenters. The number of carbonyl (C=O) groups is 1. The van der Waals surface area contributed by atoms with Crippen molar-refractivity contribution in [3.05, 3.63) is 11.8 Å². The van der Waals surface area contributed by atoms with Gasteiger partial charge in [-0.15, -0.1) is 0 Å². The highest BCUT2D eigenvalue weighted by molar-refractivity contribution is 5.81. The lowest BCUT2D eigenvalue weighted by atomic mass is 10.3. The highest BCUT2D eigenvalue weighted by Gasteiger charge is 2.03. The summed E-state index contributed by atoms with van der Waals surface area (Å²) in [6.07, 6.45) is 2.04. The number of nitrogens with two attached hydrogens (primary N) is 1. The molecule has 0 saturated heterocycles. The molecule has 0 saturated carbocycles. The molecule has 0 aliphatic carbocycles. The fourth-order valence-electron chi connectivity index (χ4n) is 0.701. The average molecular weight is 166 g/mol. The summed E-state index contributed by atoms with van der Waals surface area (Å²) in [5.74, 6) is 0.710. The number of nitrogens with zero attached hydrogens (tertiary/aromatic N) is 3. The fourth-order valence-corrected chi connectivity index (χ4v) is 0.701. The van der Waals surface area contributed by atoms with Gasteiger partial charge in [0.15, 0.2) is 6.29 Å². The van der Waals surface area contributed by atoms with Crippen molar-refractivity contribution in [1.29, 1.82) is 0 Å². The first-order chi connectivity index (χ1) is 5.65. The zero-order valence-electron chi connectivity index (χ0n) is 6.98. The van der Waals surface area contributed by atoms with E-state index in [1.165, 1.54) is 6.20 Å². The molecule has 0 spiro atoms. The Balaban J connectivity index is 3.10. The summed E-state index contributed by atoms with van der Waals surface area (Å²) in [4.78, 5) is 19.9. The number of nitrogen functional groups attached to an aromatic ring is 1. The quantitative estimate of drug-likeness (QED) is 0.623. The molecule has 5 nitrogen and oxygen atoms in total. The second-order valence-electron chi connectivity index (χ2n) is 2.52. The van der Waals surface area contributed by atoms with Crippen molar-refractivity contribution in [1.82, 2.24) is 9.97 Å². The van der Waals surface area contributed by atoms with E-state index in [-0.39, 0.29) is 5.82 Å². The Morgan fingerprint density at radius 3 is 2.67 bits per heavy atom. The molecule has 2 N–H and O–H groups in total. The van der Waals surface area contributed by atoms with Crippen LogP contribution < -0.4 is 10.6 Å². The van der Waals surface area contributed by atoms with Gasteiger partial charge < -0.3 is 10.6 Å². The SMILES string of the molecule is CN(C)c1ncc(C=O)c(N)n1. The molecular formula is C7H10N4O. The average Bonchev–Trinajstić information content (AvgIpc) is 2.04. The Bertz CT molecular complexity index is 297. The van der Waals surface area contributed by atoms with Crippen LogP contribution in [-0.2, 0) is 0 Å². The van der Waals surface area contributed by atoms with Crippen LogP contribution in [0.15, 0.2) is 6.20 Å². The standard InChI is InChI=1S/C7H10N4O/c1-11(2)7-9-3-5(4-12)6(8)10-7/h3-4H,1-2H3,(H2,8,9,10). The predicted molar refractivity (Wildman–Crippen MR) is 46.2 cm³/mol. The van der Waals surface area contributed by atoms with E-state index in [1.54, 1.807) is 19.0 Å². The highest BCUT2D eigenvalue weighted by Crippen LogP contribution is 2.08. The monoisotopic (exact) mass is 166 g/mol. The van der Waals surface area contributed by atoms with Crippen LogP contribution in [0.2, 0.25) is 0 Å². The topological polar surface area (TPSA) is 72.1 Å². The van der Waals surface area contributed by atoms with Gasteiger partial charge in [-0.2, -0.15) is 4.98 Å². The lowest BCUT2D eigenvalue weighted by Gasteiger charge is -2.09. The largest absolute Gasteiger partial charge is 0.383 e. The molecule has 0 atom stereocenters. The number of hydrogen-bond donors (Lipinski definition) is 1. The molecule has 0 aromatic carbocycles. The van der Waals surface area contributed by atoms with Crippen LogP contribution in [0.25, 0.3) is 0 Å². The molecule has 0 aliphatic rings. The number of rotatable bonds is 2. The summed E-state index contributed by atoms with van der Waals surface area (Å²) in [5, 5.41) is 0. The Morgan fingerprint density at radius 2 is 2.25 bits per heavy atom. The lowest BCUT2D eigenvalue weighted by Crippen LogP contribution is -2.14. The first kappa shape index (κ1) is 8.45. The van der Waals surface area contributed by atoms with E-state index in [1.807, 2.05) is 0 Å². The van der Waals surface area contributed by atoms with Gasteiger partial charge in [-0.05, 0) is 0 Å². The van der Waals surface area contributed by atoms with Gasteiger partial charge in [0.2, 0.25) is 5.95 Å². The molecular weight excluding hydrogens is 156 g/mol. The second-order valence-corrected chi connectivity index (χ2v) is 2.52. The van der Waals surface area contributed by atoms with E-state index in [2.05, 4.69) is 9.97 Å². The smallest absolute Gasteiger partial charge is 0.226 e. The lowest BCUT2D eigenvalue weighted by molar-refractivity contribution is 0.112. The minimum Gasteiger partial charge on any atom is -0.383 e. The van der Waals surface area contributed by atoms with Crippen molar-refractivity contribution >= 4 is 18.1 Å². The summed E-state index contributed by atoms with van der Waals surface area (Å²) in [5.41, 5.74) is 5.78. The summed E-state index contributed by atoms with van der Waals surface area (Å²) >= 11 is 0. The molecule has 1 aromatic rings. The first-order valence-corrected chi connectivity index (χ1v) is 3.40. The third-order valence-electron chi connectivity index (χ3n) is 1.36. The van der Waals surface area contributed by atoms with Crippen molar-refractivity contribution in [3.8, 4) is 0 Å². The Kier molecular flexibility index (Phi) is 2.23. The van der Waals surface area contributed by atoms with Gasteiger partial charge in [0.25, 0.3) is 0 Å². The Hall–Kier alpha value is -1.65. The third-order valence-corrected chi connectivity index (χ3v) is 1.36. The fraction of sp³-hybridized carbons (Fsp3) is 0.286. The summed E-state index contributed by atoms with van der Waals surface area (Å²) in [6, 6.07) is 0. The van der Waals surface area contributed by atoms with Crippen molar-refractivity contribution in [3.63, 3.8) is 0 Å². The summed E-state index contributed by atoms with van der Waals surface area (Å²) < 4.78 is 0. The Morgan fingerprint density at radius 1 is 1.58 bits per heavy atom. The van der Waals surface area contributed by atoms with E-state index in [4.69, 9.17) is 5.73 Å². The van der Waals surface area contributed by atoms with Crippen LogP contribution in [0.3, 0.4) is 0 Å². The second kappa shape index (κ2) is 3.17. The zero-order valence-corrected chi connectivity index (χ0v) is 6.98. The molecule has 0 amide bonds. The first-order valence-electron chi connectivity index (χ1n) is 3.40. The van der Waals surface area contributed by atoms with Crippen LogP contribution in [0.1, 0.15) is 10.4 Å². The molecule has 1 heterocycles. The van der Waals surface area contributed by atoms with Crippen LogP contribution >= 0.6 is 0 Å². The maximum Gasteiger partial charge on any atom is 0.226 e. The van der Waals surface area contributed by atoms with Crippen molar-refractivity contribution in [2.75, 3.05) is 24.7 Å². The van der Waals surface area contributed by atoms with E-state index in [0.717, 1.165) is 0 Å². The van der Waals surface area contributed by atoms with Gasteiger partial charge in [0.05, 0.1) is 5.56 Å². The summed E-state index contributed by atoms with van der Waals surface area (Å²) in [7, 11) is 3.60. The molecule has 0 aliphatic heterocycles. The van der Waals surface area contributed by atoms with Gasteiger partial charge in [0, 0.05) is 20.3 Å². The highest BCUT2D eigenvalue weighted by atomic mass is 16.1. The van der Waals surface area contributed by atoms with Gasteiger partial charge in [-0.3, -0.25) is 4.79 Å². The normalized spacial score (nSPS) is 9.50. The molecule has 0 fully saturated rings. The third kappa shape index (κ3) is 1.50. The van der Waals surface area contributed by atoms with Crippen molar-refractivity contribution in [2.45, 2.75) is 0 Å². The van der Waals surface area contributed by atoms with E-state index in [0.29, 0.717) is 17.8 Å². The van der Waals surface area contributed by atoms with Crippen LogP contribution in [0.5, 0.6) is 0 Å². The van der Waals surface area contributed by atoms with Crippen LogP contribution in [0, 0.1) is 0 Å². The molecule has 1 rings (SSSR count). The Labute approximate surface area is 70.2 Å². The predicted octanol–water partition coefficient (Wildman–Crippen LogP) is -0.0627. The van der Waals surface area contributed by atoms with E-state index < -0.39 is 0 Å². The summed E-state index contributed by atoms with van der Waals surface area (Å²) in [6.45, 7) is 0. The van der Waals surface area contributed by atoms with E-state index in [9.17, 15) is 4.79 Å². The number of anilines is 2. The zero-order chi connectivity index (χ0) is 9.14. The maximum absolute atomic E-state index is 10.3. The minimum absolute atomic E-state index is 0.212.